The predicted octanol–water partition coefficient (Wildman–Crippen LogP) is 2.54. The van der Waals surface area contributed by atoms with Crippen molar-refractivity contribution < 1.29 is 0 Å². The lowest BCUT2D eigenvalue weighted by atomic mass is 11.7. The van der Waals surface area contributed by atoms with Gasteiger partial charge < -0.3 is 0 Å². The van der Waals surface area contributed by atoms with Gasteiger partial charge in [-0.2, -0.15) is 4.40 Å². The highest BCUT2D eigenvalue weighted by atomic mass is 35.5. The average Bonchev–Trinajstić information content (AvgIpc) is 1.86. The third kappa shape index (κ3) is 1.26. The number of hydrogen-bond donors (Lipinski definition) is 0. The lowest BCUT2D eigenvalue weighted by Gasteiger charge is -1.69. The van der Waals surface area contributed by atoms with Crippen molar-refractivity contribution in [2.24, 2.45) is 4.40 Å². The maximum absolute atomic E-state index is 5.38. The minimum absolute atomic E-state index is 0.644. The van der Waals surface area contributed by atoms with Crippen molar-refractivity contribution in [3.8, 4) is 0 Å². The molecular formula is CClNS3. The van der Waals surface area contributed by atoms with Crippen LogP contribution in [-0.2, 0) is 0 Å². The molecule has 0 spiro atoms. The molecule has 0 fully saturated rings. The second-order valence-electron chi connectivity index (χ2n) is 0.570. The minimum atomic E-state index is 0.644. The molecule has 0 atom stereocenters. The van der Waals surface area contributed by atoms with Crippen molar-refractivity contribution in [1.82, 2.24) is 0 Å². The van der Waals surface area contributed by atoms with Gasteiger partial charge in [-0.1, -0.05) is 11.6 Å². The van der Waals surface area contributed by atoms with Crippen molar-refractivity contribution in [1.29, 1.82) is 0 Å². The molecule has 0 saturated carbocycles. The summed E-state index contributed by atoms with van der Waals surface area (Å²) in [5.41, 5.74) is 0. The van der Waals surface area contributed by atoms with E-state index in [-0.39, 0.29) is 0 Å². The van der Waals surface area contributed by atoms with E-state index in [2.05, 4.69) is 4.40 Å². The Bertz CT molecular complexity index is 80.9. The van der Waals surface area contributed by atoms with Crippen molar-refractivity contribution in [2.45, 2.75) is 0 Å². The van der Waals surface area contributed by atoms with Gasteiger partial charge in [-0.25, -0.2) is 0 Å². The van der Waals surface area contributed by atoms with Crippen LogP contribution >= 0.6 is 43.2 Å². The molecule has 1 aliphatic heterocycles. The quantitative estimate of drug-likeness (QED) is 0.396. The second-order valence-corrected chi connectivity index (χ2v) is 4.75. The molecule has 0 aromatic rings. The molecule has 5 heteroatoms. The maximum atomic E-state index is 5.38. The highest BCUT2D eigenvalue weighted by Crippen LogP contribution is 2.44. The van der Waals surface area contributed by atoms with Crippen LogP contribution < -0.4 is 0 Å². The van der Waals surface area contributed by atoms with Crippen LogP contribution in [0.5, 0.6) is 0 Å². The standard InChI is InChI=1S/CClNS3/c2-1-3-5-6-4-1. The summed E-state index contributed by atoms with van der Waals surface area (Å²) in [6.45, 7) is 0. The Balaban J connectivity index is 2.45. The molecule has 0 saturated heterocycles. The monoisotopic (exact) mass is 157 g/mol. The molecule has 1 nitrogen and oxygen atoms in total. The van der Waals surface area contributed by atoms with E-state index < -0.39 is 0 Å². The fourth-order valence-corrected chi connectivity index (χ4v) is 3.48. The first-order chi connectivity index (χ1) is 2.89. The van der Waals surface area contributed by atoms with E-state index in [0.717, 1.165) is 0 Å². The molecule has 0 aromatic heterocycles. The van der Waals surface area contributed by atoms with E-state index in [1.54, 1.807) is 9.83 Å². The Labute approximate surface area is 52.2 Å². The van der Waals surface area contributed by atoms with Gasteiger partial charge in [0.2, 0.25) is 0 Å². The lowest BCUT2D eigenvalue weighted by Crippen LogP contribution is -1.58. The van der Waals surface area contributed by atoms with Crippen LogP contribution in [-0.4, -0.2) is 4.50 Å². The van der Waals surface area contributed by atoms with Crippen LogP contribution in [0.1, 0.15) is 0 Å². The normalized spacial score (nSPS) is 21.2. The van der Waals surface area contributed by atoms with Gasteiger partial charge in [-0.05, 0) is 10.8 Å². The largest absolute Gasteiger partial charge is 0.184 e. The molecule has 34 valence electrons. The van der Waals surface area contributed by atoms with Crippen LogP contribution in [0.15, 0.2) is 4.40 Å². The van der Waals surface area contributed by atoms with Crippen molar-refractivity contribution in [2.75, 3.05) is 0 Å². The van der Waals surface area contributed by atoms with Crippen LogP contribution in [0.2, 0.25) is 0 Å². The molecule has 0 amide bonds. The number of halogens is 1. The number of hydrogen-bond acceptors (Lipinski definition) is 4. The fraction of sp³-hybridized carbons (Fsp3) is 0. The molecule has 0 unspecified atom stereocenters. The van der Waals surface area contributed by atoms with Crippen LogP contribution in [0.3, 0.4) is 0 Å². The van der Waals surface area contributed by atoms with Gasteiger partial charge >= 0.3 is 0 Å². The SMILES string of the molecule is ClC1=NSSS1. The van der Waals surface area contributed by atoms with E-state index in [1.807, 2.05) is 0 Å². The van der Waals surface area contributed by atoms with Gasteiger partial charge in [0.1, 0.15) is 0 Å². The first kappa shape index (κ1) is 5.15. The zero-order valence-electron chi connectivity index (χ0n) is 2.55. The lowest BCUT2D eigenvalue weighted by molar-refractivity contribution is 2.05. The Hall–Kier alpha value is 1.01. The first-order valence-electron chi connectivity index (χ1n) is 1.13. The number of nitrogens with zero attached hydrogens (tertiary/aromatic N) is 1. The Morgan fingerprint density at radius 2 is 2.50 bits per heavy atom. The molecule has 0 bridgehead atoms. The van der Waals surface area contributed by atoms with Crippen LogP contribution in [0.25, 0.3) is 0 Å². The van der Waals surface area contributed by atoms with E-state index in [1.165, 1.54) is 21.8 Å². The molecule has 0 aliphatic carbocycles. The van der Waals surface area contributed by atoms with Gasteiger partial charge in [0.05, 0.1) is 11.0 Å². The summed E-state index contributed by atoms with van der Waals surface area (Å²) < 4.78 is 4.40. The molecule has 0 N–H and O–H groups in total. The topological polar surface area (TPSA) is 12.4 Å². The molecule has 0 aromatic carbocycles. The zero-order chi connectivity index (χ0) is 4.41. The molecule has 6 heavy (non-hydrogen) atoms. The van der Waals surface area contributed by atoms with Gasteiger partial charge in [0.25, 0.3) is 0 Å². The highest BCUT2D eigenvalue weighted by Gasteiger charge is 2.03. The summed E-state index contributed by atoms with van der Waals surface area (Å²) in [5.74, 6) is 0. The van der Waals surface area contributed by atoms with Crippen molar-refractivity contribution >= 4 is 47.7 Å². The van der Waals surface area contributed by atoms with Crippen molar-refractivity contribution in [3.63, 3.8) is 0 Å². The summed E-state index contributed by atoms with van der Waals surface area (Å²) in [5, 5.41) is 0. The third-order valence-electron chi connectivity index (χ3n) is 0.242. The molecule has 0 radical (unpaired) electrons. The summed E-state index contributed by atoms with van der Waals surface area (Å²) in [7, 11) is 4.49. The predicted molar refractivity (Wildman–Crippen MR) is 36.1 cm³/mol. The summed E-state index contributed by atoms with van der Waals surface area (Å²) in [4.78, 5) is 0. The van der Waals surface area contributed by atoms with E-state index in [9.17, 15) is 0 Å². The first-order valence-corrected chi connectivity index (χ1v) is 4.95. The molecular weight excluding hydrogens is 158 g/mol. The summed E-state index contributed by atoms with van der Waals surface area (Å²) in [6.07, 6.45) is 0. The third-order valence-corrected chi connectivity index (χ3v) is 3.91. The van der Waals surface area contributed by atoms with Crippen LogP contribution in [0.4, 0.5) is 0 Å². The summed E-state index contributed by atoms with van der Waals surface area (Å²) in [6, 6.07) is 0. The second kappa shape index (κ2) is 2.35. The molecule has 1 aliphatic rings. The maximum Gasteiger partial charge on any atom is 0.183 e. The fourth-order valence-electron chi connectivity index (χ4n) is 0.103. The average molecular weight is 158 g/mol. The zero-order valence-corrected chi connectivity index (χ0v) is 5.76. The van der Waals surface area contributed by atoms with E-state index >= 15 is 0 Å². The Morgan fingerprint density at radius 1 is 1.67 bits per heavy atom. The van der Waals surface area contributed by atoms with E-state index in [4.69, 9.17) is 11.6 Å². The highest BCUT2D eigenvalue weighted by molar-refractivity contribution is 9.13. The Morgan fingerprint density at radius 3 is 2.67 bits per heavy atom. The van der Waals surface area contributed by atoms with Gasteiger partial charge in [0, 0.05) is 9.83 Å². The van der Waals surface area contributed by atoms with Crippen LogP contribution in [0, 0.1) is 0 Å². The smallest absolute Gasteiger partial charge is 0.183 e. The molecule has 1 rings (SSSR count). The number of rotatable bonds is 0. The Kier molecular flexibility index (Phi) is 2.02. The molecule has 1 heterocycles. The minimum Gasteiger partial charge on any atom is -0.184 e. The van der Waals surface area contributed by atoms with Gasteiger partial charge in [-0.3, -0.25) is 0 Å². The van der Waals surface area contributed by atoms with Gasteiger partial charge in [-0.15, -0.1) is 0 Å². The summed E-state index contributed by atoms with van der Waals surface area (Å²) >= 11 is 5.38. The van der Waals surface area contributed by atoms with Gasteiger partial charge in [0.15, 0.2) is 4.50 Å². The van der Waals surface area contributed by atoms with E-state index in [0.29, 0.717) is 4.50 Å². The van der Waals surface area contributed by atoms with Crippen molar-refractivity contribution in [3.05, 3.63) is 0 Å².